The Hall–Kier alpha value is -1.56. The average Bonchev–Trinajstić information content (AvgIpc) is 3.00. The van der Waals surface area contributed by atoms with Gasteiger partial charge in [0.1, 0.15) is 0 Å². The predicted molar refractivity (Wildman–Crippen MR) is 92.8 cm³/mol. The molecule has 0 saturated carbocycles. The Morgan fingerprint density at radius 1 is 1.41 bits per heavy atom. The largest absolute Gasteiger partial charge is 0.352 e. The van der Waals surface area contributed by atoms with Gasteiger partial charge in [-0.2, -0.15) is 0 Å². The third kappa shape index (κ3) is 4.73. The highest BCUT2D eigenvalue weighted by Crippen LogP contribution is 2.11. The van der Waals surface area contributed by atoms with Crippen LogP contribution in [0.3, 0.4) is 0 Å². The van der Waals surface area contributed by atoms with Crippen molar-refractivity contribution in [2.75, 3.05) is 20.1 Å². The molecule has 1 aromatic rings. The van der Waals surface area contributed by atoms with Gasteiger partial charge in [-0.1, -0.05) is 35.0 Å². The molecule has 22 heavy (non-hydrogen) atoms. The summed E-state index contributed by atoms with van der Waals surface area (Å²) >= 11 is 3.43. The molecule has 0 bridgehead atoms. The molecule has 0 aliphatic carbocycles. The van der Waals surface area contributed by atoms with Gasteiger partial charge in [-0.3, -0.25) is 9.79 Å². The Bertz CT molecular complexity index is 529. The minimum absolute atomic E-state index is 0.224. The normalized spacial score (nSPS) is 18.4. The molecule has 1 heterocycles. The van der Waals surface area contributed by atoms with E-state index in [0.29, 0.717) is 6.42 Å². The van der Waals surface area contributed by atoms with Gasteiger partial charge in [-0.05, 0) is 24.1 Å². The number of guanidine groups is 1. The van der Waals surface area contributed by atoms with Crippen molar-refractivity contribution in [3.05, 3.63) is 34.3 Å². The van der Waals surface area contributed by atoms with Crippen molar-refractivity contribution >= 4 is 27.8 Å². The molecule has 1 aromatic carbocycles. The highest BCUT2D eigenvalue weighted by molar-refractivity contribution is 9.10. The molecule has 2 rings (SSSR count). The van der Waals surface area contributed by atoms with Gasteiger partial charge in [-0.25, -0.2) is 0 Å². The van der Waals surface area contributed by atoms with E-state index in [-0.39, 0.29) is 11.9 Å². The highest BCUT2D eigenvalue weighted by atomic mass is 79.9. The van der Waals surface area contributed by atoms with E-state index in [1.54, 1.807) is 7.05 Å². The van der Waals surface area contributed by atoms with Gasteiger partial charge in [0.15, 0.2) is 5.96 Å². The number of halogens is 1. The lowest BCUT2D eigenvalue weighted by Gasteiger charge is -2.18. The molecule has 120 valence electrons. The smallest absolute Gasteiger partial charge is 0.222 e. The first-order valence-electron chi connectivity index (χ1n) is 7.61. The fourth-order valence-electron chi connectivity index (χ4n) is 2.50. The van der Waals surface area contributed by atoms with Gasteiger partial charge in [0, 0.05) is 43.6 Å². The lowest BCUT2D eigenvalue weighted by Crippen LogP contribution is -2.44. The van der Waals surface area contributed by atoms with Crippen LogP contribution >= 0.6 is 15.9 Å². The van der Waals surface area contributed by atoms with Crippen molar-refractivity contribution in [3.63, 3.8) is 0 Å². The first kappa shape index (κ1) is 16.8. The van der Waals surface area contributed by atoms with Crippen LogP contribution in [0.25, 0.3) is 0 Å². The summed E-state index contributed by atoms with van der Waals surface area (Å²) < 4.78 is 1.07. The van der Waals surface area contributed by atoms with E-state index in [1.165, 1.54) is 5.56 Å². The van der Waals surface area contributed by atoms with Gasteiger partial charge in [0.05, 0.1) is 0 Å². The summed E-state index contributed by atoms with van der Waals surface area (Å²) in [7, 11) is 1.76. The van der Waals surface area contributed by atoms with Crippen LogP contribution in [0.5, 0.6) is 0 Å². The second-order valence-corrected chi connectivity index (χ2v) is 6.29. The molecule has 1 aliphatic rings. The highest BCUT2D eigenvalue weighted by Gasteiger charge is 2.25. The number of carbonyl (C=O) groups is 1. The van der Waals surface area contributed by atoms with Crippen molar-refractivity contribution in [1.29, 1.82) is 0 Å². The van der Waals surface area contributed by atoms with Crippen LogP contribution in [0.15, 0.2) is 33.7 Å². The van der Waals surface area contributed by atoms with E-state index in [2.05, 4.69) is 43.7 Å². The molecule has 1 unspecified atom stereocenters. The summed E-state index contributed by atoms with van der Waals surface area (Å²) in [6.07, 6.45) is 1.54. The minimum Gasteiger partial charge on any atom is -0.352 e. The monoisotopic (exact) mass is 366 g/mol. The molecule has 2 N–H and O–H groups in total. The summed E-state index contributed by atoms with van der Waals surface area (Å²) in [5, 5.41) is 6.70. The van der Waals surface area contributed by atoms with Crippen molar-refractivity contribution < 1.29 is 4.79 Å². The van der Waals surface area contributed by atoms with Gasteiger partial charge in [0.25, 0.3) is 0 Å². The molecule has 0 spiro atoms. The maximum Gasteiger partial charge on any atom is 0.222 e. The van der Waals surface area contributed by atoms with Gasteiger partial charge in [0.2, 0.25) is 5.91 Å². The number of amides is 1. The third-order valence-electron chi connectivity index (χ3n) is 3.78. The number of nitrogens with one attached hydrogen (secondary N) is 2. The topological polar surface area (TPSA) is 56.7 Å². The summed E-state index contributed by atoms with van der Waals surface area (Å²) in [4.78, 5) is 17.9. The summed E-state index contributed by atoms with van der Waals surface area (Å²) in [6.45, 7) is 4.21. The van der Waals surface area contributed by atoms with E-state index in [1.807, 2.05) is 24.0 Å². The molecule has 0 aromatic heterocycles. The van der Waals surface area contributed by atoms with E-state index in [4.69, 9.17) is 0 Å². The lowest BCUT2D eigenvalue weighted by atomic mass is 10.2. The number of rotatable bonds is 4. The zero-order valence-electron chi connectivity index (χ0n) is 13.1. The number of hydrogen-bond acceptors (Lipinski definition) is 2. The van der Waals surface area contributed by atoms with E-state index >= 15 is 0 Å². The van der Waals surface area contributed by atoms with Crippen LogP contribution in [-0.2, 0) is 11.3 Å². The molecular formula is C16H23BrN4O. The molecule has 1 aliphatic heterocycles. The summed E-state index contributed by atoms with van der Waals surface area (Å²) in [5.41, 5.74) is 1.19. The Morgan fingerprint density at radius 2 is 2.14 bits per heavy atom. The Balaban J connectivity index is 1.81. The van der Waals surface area contributed by atoms with Crippen LogP contribution in [0.1, 0.15) is 25.3 Å². The van der Waals surface area contributed by atoms with Crippen LogP contribution in [0.2, 0.25) is 0 Å². The zero-order chi connectivity index (χ0) is 15.9. The van der Waals surface area contributed by atoms with E-state index < -0.39 is 0 Å². The number of benzene rings is 1. The number of carbonyl (C=O) groups excluding carboxylic acids is 1. The van der Waals surface area contributed by atoms with Gasteiger partial charge in [-0.15, -0.1) is 0 Å². The first-order chi connectivity index (χ1) is 10.6. The number of aliphatic imine (C=N–C) groups is 1. The SMILES string of the molecule is CCC(=O)N1CCC(NC(=NC)NCc2ccc(Br)cc2)C1. The Kier molecular flexibility index (Phi) is 6.24. The Labute approximate surface area is 140 Å². The second-order valence-electron chi connectivity index (χ2n) is 5.38. The molecule has 1 fully saturated rings. The van der Waals surface area contributed by atoms with Gasteiger partial charge >= 0.3 is 0 Å². The summed E-state index contributed by atoms with van der Waals surface area (Å²) in [6, 6.07) is 8.46. The lowest BCUT2D eigenvalue weighted by molar-refractivity contribution is -0.129. The molecular weight excluding hydrogens is 344 g/mol. The van der Waals surface area contributed by atoms with Crippen LogP contribution < -0.4 is 10.6 Å². The summed E-state index contributed by atoms with van der Waals surface area (Å²) in [5.74, 6) is 1.00. The molecule has 1 saturated heterocycles. The maximum absolute atomic E-state index is 11.7. The van der Waals surface area contributed by atoms with Gasteiger partial charge < -0.3 is 15.5 Å². The number of hydrogen-bond donors (Lipinski definition) is 2. The fraction of sp³-hybridized carbons (Fsp3) is 0.500. The molecule has 0 radical (unpaired) electrons. The minimum atomic E-state index is 0.224. The van der Waals surface area contributed by atoms with E-state index in [9.17, 15) is 4.79 Å². The zero-order valence-corrected chi connectivity index (χ0v) is 14.7. The maximum atomic E-state index is 11.7. The number of nitrogens with zero attached hydrogens (tertiary/aromatic N) is 2. The predicted octanol–water partition coefficient (Wildman–Crippen LogP) is 2.13. The van der Waals surface area contributed by atoms with Crippen molar-refractivity contribution in [3.8, 4) is 0 Å². The van der Waals surface area contributed by atoms with Crippen molar-refractivity contribution in [2.45, 2.75) is 32.4 Å². The average molecular weight is 367 g/mol. The van der Waals surface area contributed by atoms with Crippen molar-refractivity contribution in [1.82, 2.24) is 15.5 Å². The number of likely N-dealkylation sites (tertiary alicyclic amines) is 1. The fourth-order valence-corrected chi connectivity index (χ4v) is 2.77. The Morgan fingerprint density at radius 3 is 2.77 bits per heavy atom. The van der Waals surface area contributed by atoms with Crippen LogP contribution in [0.4, 0.5) is 0 Å². The van der Waals surface area contributed by atoms with Crippen molar-refractivity contribution in [2.24, 2.45) is 4.99 Å². The second kappa shape index (κ2) is 8.17. The molecule has 1 atom stereocenters. The van der Waals surface area contributed by atoms with Crippen LogP contribution in [-0.4, -0.2) is 42.9 Å². The van der Waals surface area contributed by atoms with Crippen LogP contribution in [0, 0.1) is 0 Å². The third-order valence-corrected chi connectivity index (χ3v) is 4.31. The molecule has 5 nitrogen and oxygen atoms in total. The standard InChI is InChI=1S/C16H23BrN4O/c1-3-15(22)21-9-8-14(11-21)20-16(18-2)19-10-12-4-6-13(17)7-5-12/h4-7,14H,3,8-11H2,1-2H3,(H2,18,19,20). The van der Waals surface area contributed by atoms with E-state index in [0.717, 1.165) is 36.5 Å². The molecule has 6 heteroatoms. The quantitative estimate of drug-likeness (QED) is 0.633. The first-order valence-corrected chi connectivity index (χ1v) is 8.41. The molecule has 1 amide bonds.